The van der Waals surface area contributed by atoms with Crippen LogP contribution in [0.25, 0.3) is 5.69 Å². The van der Waals surface area contributed by atoms with E-state index in [0.717, 1.165) is 56.2 Å². The summed E-state index contributed by atoms with van der Waals surface area (Å²) in [6.07, 6.45) is 8.18. The monoisotopic (exact) mass is 501 g/mol. The lowest BCUT2D eigenvalue weighted by Crippen LogP contribution is -2.44. The maximum Gasteiger partial charge on any atom is 0.259 e. The Balaban J connectivity index is 1.19. The molecule has 7 nitrogen and oxygen atoms in total. The van der Waals surface area contributed by atoms with Gasteiger partial charge in [-0.1, -0.05) is 32.9 Å². The molecule has 196 valence electrons. The van der Waals surface area contributed by atoms with Gasteiger partial charge in [-0.05, 0) is 67.9 Å². The zero-order chi connectivity index (χ0) is 26.0. The molecular formula is C30H39N5O2. The van der Waals surface area contributed by atoms with E-state index < -0.39 is 0 Å². The minimum absolute atomic E-state index is 0.0919. The van der Waals surface area contributed by atoms with Gasteiger partial charge >= 0.3 is 0 Å². The van der Waals surface area contributed by atoms with Crippen LogP contribution in [0, 0.1) is 6.92 Å². The number of nitrogens with zero attached hydrogens (tertiary/aromatic N) is 4. The fourth-order valence-electron chi connectivity index (χ4n) is 5.59. The van der Waals surface area contributed by atoms with E-state index in [1.165, 1.54) is 18.4 Å². The lowest BCUT2D eigenvalue weighted by molar-refractivity contribution is 0.00721. The summed E-state index contributed by atoms with van der Waals surface area (Å²) in [6, 6.07) is 13.1. The number of benzene rings is 1. The predicted octanol–water partition coefficient (Wildman–Crippen LogP) is 5.48. The first-order valence-corrected chi connectivity index (χ1v) is 13.5. The van der Waals surface area contributed by atoms with Crippen molar-refractivity contribution in [2.24, 2.45) is 0 Å². The number of amides is 1. The van der Waals surface area contributed by atoms with Crippen LogP contribution in [0.5, 0.6) is 0 Å². The van der Waals surface area contributed by atoms with E-state index >= 15 is 0 Å². The number of hydrogen-bond donors (Lipinski definition) is 1. The van der Waals surface area contributed by atoms with Crippen molar-refractivity contribution in [2.75, 3.05) is 31.6 Å². The highest BCUT2D eigenvalue weighted by Gasteiger charge is 2.28. The molecule has 0 radical (unpaired) electrons. The highest BCUT2D eigenvalue weighted by Crippen LogP contribution is 2.34. The van der Waals surface area contributed by atoms with Gasteiger partial charge in [0.2, 0.25) is 0 Å². The number of aromatic nitrogens is 3. The van der Waals surface area contributed by atoms with Crippen molar-refractivity contribution < 1.29 is 9.53 Å². The lowest BCUT2D eigenvalue weighted by Gasteiger charge is -2.38. The number of morpholine rings is 1. The molecule has 1 amide bonds. The number of pyridine rings is 1. The molecule has 5 rings (SSSR count). The molecule has 1 saturated carbocycles. The minimum Gasteiger partial charge on any atom is -0.379 e. The van der Waals surface area contributed by atoms with Gasteiger partial charge in [0.15, 0.2) is 0 Å². The normalized spacial score (nSPS) is 21.1. The molecule has 2 aromatic heterocycles. The molecule has 0 spiro atoms. The highest BCUT2D eigenvalue weighted by molar-refractivity contribution is 6.04. The highest BCUT2D eigenvalue weighted by atomic mass is 16.5. The van der Waals surface area contributed by atoms with Crippen LogP contribution < -0.4 is 5.32 Å². The van der Waals surface area contributed by atoms with E-state index in [2.05, 4.69) is 66.4 Å². The molecule has 3 heterocycles. The largest absolute Gasteiger partial charge is 0.379 e. The van der Waals surface area contributed by atoms with Crippen molar-refractivity contribution >= 4 is 11.6 Å². The Kier molecular flexibility index (Phi) is 7.45. The SMILES string of the molecule is Cc1c(C(=O)Nc2ccc(C3CCC(N4CCOCC4)CC3)nc2)cnn1-c1ccc(C(C)(C)C)cc1. The summed E-state index contributed by atoms with van der Waals surface area (Å²) in [5, 5.41) is 7.49. The smallest absolute Gasteiger partial charge is 0.259 e. The van der Waals surface area contributed by atoms with E-state index in [0.29, 0.717) is 23.2 Å². The van der Waals surface area contributed by atoms with Crippen LogP contribution in [0.15, 0.2) is 48.8 Å². The van der Waals surface area contributed by atoms with E-state index in [4.69, 9.17) is 9.72 Å². The lowest BCUT2D eigenvalue weighted by atomic mass is 9.83. The summed E-state index contributed by atoms with van der Waals surface area (Å²) in [7, 11) is 0. The fraction of sp³-hybridized carbons (Fsp3) is 0.500. The van der Waals surface area contributed by atoms with Gasteiger partial charge in [0.1, 0.15) is 0 Å². The first kappa shape index (κ1) is 25.6. The Labute approximate surface area is 220 Å². The van der Waals surface area contributed by atoms with Crippen LogP contribution in [0.4, 0.5) is 5.69 Å². The zero-order valence-corrected chi connectivity index (χ0v) is 22.5. The summed E-state index contributed by atoms with van der Waals surface area (Å²) >= 11 is 0. The summed E-state index contributed by atoms with van der Waals surface area (Å²) in [4.78, 5) is 20.3. The number of carbonyl (C=O) groups excluding carboxylic acids is 1. The van der Waals surface area contributed by atoms with Crippen LogP contribution in [0.1, 0.15) is 79.7 Å². The Morgan fingerprint density at radius 2 is 1.68 bits per heavy atom. The molecule has 7 heteroatoms. The van der Waals surface area contributed by atoms with Crippen LogP contribution in [-0.4, -0.2) is 57.9 Å². The van der Waals surface area contributed by atoms with Gasteiger partial charge in [0, 0.05) is 30.7 Å². The van der Waals surface area contributed by atoms with Gasteiger partial charge in [0.05, 0.1) is 48.2 Å². The third-order valence-electron chi connectivity index (χ3n) is 7.95. The third-order valence-corrected chi connectivity index (χ3v) is 7.95. The molecular weight excluding hydrogens is 462 g/mol. The first-order chi connectivity index (χ1) is 17.8. The molecule has 2 aliphatic rings. The fourth-order valence-corrected chi connectivity index (χ4v) is 5.59. The van der Waals surface area contributed by atoms with Gasteiger partial charge in [-0.25, -0.2) is 4.68 Å². The number of anilines is 1. The number of carbonyl (C=O) groups is 1. The molecule has 2 fully saturated rings. The Morgan fingerprint density at radius 1 is 0.973 bits per heavy atom. The van der Waals surface area contributed by atoms with Crippen LogP contribution in [0.2, 0.25) is 0 Å². The Hall–Kier alpha value is -3.03. The summed E-state index contributed by atoms with van der Waals surface area (Å²) in [5.41, 5.74) is 5.50. The van der Waals surface area contributed by atoms with Crippen molar-refractivity contribution in [3.63, 3.8) is 0 Å². The van der Waals surface area contributed by atoms with Gasteiger partial charge in [-0.2, -0.15) is 5.10 Å². The van der Waals surface area contributed by atoms with Crippen molar-refractivity contribution in [3.8, 4) is 5.69 Å². The number of ether oxygens (including phenoxy) is 1. The molecule has 1 aromatic carbocycles. The third kappa shape index (κ3) is 5.78. The van der Waals surface area contributed by atoms with Crippen LogP contribution >= 0.6 is 0 Å². The molecule has 1 aliphatic heterocycles. The topological polar surface area (TPSA) is 72.3 Å². The van der Waals surface area contributed by atoms with Crippen molar-refractivity contribution in [2.45, 2.75) is 70.8 Å². The summed E-state index contributed by atoms with van der Waals surface area (Å²) in [6.45, 7) is 12.4. The van der Waals surface area contributed by atoms with E-state index in [1.54, 1.807) is 12.4 Å². The number of nitrogens with one attached hydrogen (secondary N) is 1. The molecule has 0 atom stereocenters. The molecule has 1 aliphatic carbocycles. The molecule has 3 aromatic rings. The van der Waals surface area contributed by atoms with Crippen molar-refractivity contribution in [3.05, 3.63) is 71.3 Å². The van der Waals surface area contributed by atoms with Crippen LogP contribution in [-0.2, 0) is 10.2 Å². The second-order valence-corrected chi connectivity index (χ2v) is 11.4. The Bertz CT molecular complexity index is 1200. The average Bonchev–Trinajstić information content (AvgIpc) is 3.30. The first-order valence-electron chi connectivity index (χ1n) is 13.5. The number of rotatable bonds is 5. The van der Waals surface area contributed by atoms with E-state index in [1.807, 2.05) is 17.7 Å². The molecule has 1 N–H and O–H groups in total. The standard InChI is InChI=1S/C30H39N5O2/c1-21-27(20-32-35(21)26-12-7-23(8-13-26)30(2,3)4)29(36)33-24-9-14-28(31-19-24)22-5-10-25(11-6-22)34-15-17-37-18-16-34/h7-9,12-14,19-20,22,25H,5-6,10-11,15-18H2,1-4H3,(H,33,36). The maximum absolute atomic E-state index is 13.0. The van der Waals surface area contributed by atoms with Gasteiger partial charge in [-0.15, -0.1) is 0 Å². The second kappa shape index (κ2) is 10.8. The minimum atomic E-state index is -0.171. The molecule has 1 saturated heterocycles. The number of hydrogen-bond acceptors (Lipinski definition) is 5. The van der Waals surface area contributed by atoms with Crippen LogP contribution in [0.3, 0.4) is 0 Å². The maximum atomic E-state index is 13.0. The quantitative estimate of drug-likeness (QED) is 0.501. The molecule has 0 bridgehead atoms. The van der Waals surface area contributed by atoms with Gasteiger partial charge in [-0.3, -0.25) is 14.7 Å². The van der Waals surface area contributed by atoms with Crippen molar-refractivity contribution in [1.29, 1.82) is 0 Å². The van der Waals surface area contributed by atoms with E-state index in [9.17, 15) is 4.79 Å². The summed E-state index contributed by atoms with van der Waals surface area (Å²) < 4.78 is 7.32. The average molecular weight is 502 g/mol. The zero-order valence-electron chi connectivity index (χ0n) is 22.5. The molecule has 37 heavy (non-hydrogen) atoms. The Morgan fingerprint density at radius 3 is 2.30 bits per heavy atom. The molecule has 0 unspecified atom stereocenters. The van der Waals surface area contributed by atoms with E-state index in [-0.39, 0.29) is 11.3 Å². The predicted molar refractivity (Wildman–Crippen MR) is 147 cm³/mol. The second-order valence-electron chi connectivity index (χ2n) is 11.4. The summed E-state index contributed by atoms with van der Waals surface area (Å²) in [5.74, 6) is 0.322. The van der Waals surface area contributed by atoms with Gasteiger partial charge in [0.25, 0.3) is 5.91 Å². The van der Waals surface area contributed by atoms with Gasteiger partial charge < -0.3 is 10.1 Å². The van der Waals surface area contributed by atoms with Crippen molar-refractivity contribution in [1.82, 2.24) is 19.7 Å².